The molecule has 1 aromatic carbocycles. The second kappa shape index (κ2) is 6.10. The topological polar surface area (TPSA) is 49.5 Å². The standard InChI is InChI=1S/C15H24N2O/c1-12(17-8-4-2-3-5-9-17)10-13-6-7-15(18)14(16)11-13/h6-7,11-12,18H,2-5,8-10,16H2,1H3. The smallest absolute Gasteiger partial charge is 0.138 e. The highest BCUT2D eigenvalue weighted by molar-refractivity contribution is 5.53. The van der Waals surface area contributed by atoms with E-state index < -0.39 is 0 Å². The van der Waals surface area contributed by atoms with Crippen molar-refractivity contribution < 1.29 is 5.11 Å². The van der Waals surface area contributed by atoms with Gasteiger partial charge in [0.2, 0.25) is 0 Å². The molecule has 0 bridgehead atoms. The monoisotopic (exact) mass is 248 g/mol. The summed E-state index contributed by atoms with van der Waals surface area (Å²) in [6, 6.07) is 6.11. The Labute approximate surface area is 110 Å². The molecule has 0 aromatic heterocycles. The Bertz CT molecular complexity index is 384. The van der Waals surface area contributed by atoms with E-state index in [1.165, 1.54) is 44.3 Å². The maximum atomic E-state index is 9.43. The minimum atomic E-state index is 0.182. The van der Waals surface area contributed by atoms with Gasteiger partial charge in [0.05, 0.1) is 5.69 Å². The number of anilines is 1. The number of phenols is 1. The first-order chi connectivity index (χ1) is 8.66. The maximum Gasteiger partial charge on any atom is 0.138 e. The largest absolute Gasteiger partial charge is 0.506 e. The predicted molar refractivity (Wildman–Crippen MR) is 75.7 cm³/mol. The average Bonchev–Trinajstić information content (AvgIpc) is 2.62. The van der Waals surface area contributed by atoms with Crippen LogP contribution in [-0.2, 0) is 6.42 Å². The van der Waals surface area contributed by atoms with E-state index in [4.69, 9.17) is 5.73 Å². The van der Waals surface area contributed by atoms with Crippen molar-refractivity contribution in [1.82, 2.24) is 4.90 Å². The molecule has 100 valence electrons. The number of benzene rings is 1. The van der Waals surface area contributed by atoms with Gasteiger partial charge in [0.1, 0.15) is 5.75 Å². The Kier molecular flexibility index (Phi) is 4.48. The number of hydrogen-bond acceptors (Lipinski definition) is 3. The van der Waals surface area contributed by atoms with E-state index in [0.29, 0.717) is 11.7 Å². The first-order valence-electron chi connectivity index (χ1n) is 6.98. The molecular weight excluding hydrogens is 224 g/mol. The zero-order chi connectivity index (χ0) is 13.0. The van der Waals surface area contributed by atoms with Gasteiger partial charge in [0.25, 0.3) is 0 Å². The van der Waals surface area contributed by atoms with Gasteiger partial charge in [-0.1, -0.05) is 18.9 Å². The van der Waals surface area contributed by atoms with E-state index in [-0.39, 0.29) is 5.75 Å². The summed E-state index contributed by atoms with van der Waals surface area (Å²) in [7, 11) is 0. The third-order valence-electron chi connectivity index (χ3n) is 3.89. The number of phenolic OH excluding ortho intramolecular Hbond substituents is 1. The molecule has 0 spiro atoms. The Hall–Kier alpha value is -1.22. The van der Waals surface area contributed by atoms with Crippen LogP contribution in [0.25, 0.3) is 0 Å². The van der Waals surface area contributed by atoms with Gasteiger partial charge in [-0.25, -0.2) is 0 Å². The van der Waals surface area contributed by atoms with Crippen LogP contribution >= 0.6 is 0 Å². The maximum absolute atomic E-state index is 9.43. The predicted octanol–water partition coefficient (Wildman–Crippen LogP) is 2.78. The lowest BCUT2D eigenvalue weighted by Gasteiger charge is -2.27. The number of nitrogen functional groups attached to an aromatic ring is 1. The molecule has 1 aliphatic heterocycles. The third kappa shape index (κ3) is 3.39. The Morgan fingerprint density at radius 1 is 1.22 bits per heavy atom. The molecule has 0 radical (unpaired) electrons. The number of aromatic hydroxyl groups is 1. The van der Waals surface area contributed by atoms with Gasteiger partial charge >= 0.3 is 0 Å². The van der Waals surface area contributed by atoms with E-state index in [2.05, 4.69) is 11.8 Å². The van der Waals surface area contributed by atoms with Crippen LogP contribution in [0.4, 0.5) is 5.69 Å². The summed E-state index contributed by atoms with van der Waals surface area (Å²) >= 11 is 0. The van der Waals surface area contributed by atoms with E-state index >= 15 is 0 Å². The summed E-state index contributed by atoms with van der Waals surface area (Å²) in [6.07, 6.45) is 6.39. The molecule has 18 heavy (non-hydrogen) atoms. The first-order valence-corrected chi connectivity index (χ1v) is 6.98. The molecule has 1 aliphatic rings. The number of likely N-dealkylation sites (tertiary alicyclic amines) is 1. The van der Waals surface area contributed by atoms with Gasteiger partial charge < -0.3 is 15.7 Å². The van der Waals surface area contributed by atoms with Gasteiger partial charge in [-0.05, 0) is 57.0 Å². The quantitative estimate of drug-likeness (QED) is 0.639. The number of nitrogens with zero attached hydrogens (tertiary/aromatic N) is 1. The fraction of sp³-hybridized carbons (Fsp3) is 0.600. The summed E-state index contributed by atoms with van der Waals surface area (Å²) in [5.41, 5.74) is 7.43. The average molecular weight is 248 g/mol. The lowest BCUT2D eigenvalue weighted by Crippen LogP contribution is -2.35. The molecule has 3 heteroatoms. The fourth-order valence-corrected chi connectivity index (χ4v) is 2.74. The van der Waals surface area contributed by atoms with Crippen molar-refractivity contribution in [2.75, 3.05) is 18.8 Å². The van der Waals surface area contributed by atoms with Crippen molar-refractivity contribution in [1.29, 1.82) is 0 Å². The van der Waals surface area contributed by atoms with Crippen LogP contribution < -0.4 is 5.73 Å². The minimum absolute atomic E-state index is 0.182. The van der Waals surface area contributed by atoms with Crippen molar-refractivity contribution in [3.05, 3.63) is 23.8 Å². The Balaban J connectivity index is 1.96. The second-order valence-corrected chi connectivity index (χ2v) is 5.40. The van der Waals surface area contributed by atoms with Crippen LogP contribution in [-0.4, -0.2) is 29.1 Å². The molecule has 3 N–H and O–H groups in total. The van der Waals surface area contributed by atoms with Crippen LogP contribution in [0.5, 0.6) is 5.75 Å². The molecule has 1 aromatic rings. The zero-order valence-corrected chi connectivity index (χ0v) is 11.2. The molecule has 1 heterocycles. The lowest BCUT2D eigenvalue weighted by molar-refractivity contribution is 0.216. The zero-order valence-electron chi connectivity index (χ0n) is 11.2. The van der Waals surface area contributed by atoms with E-state index in [0.717, 1.165) is 6.42 Å². The molecule has 0 aliphatic carbocycles. The van der Waals surface area contributed by atoms with Crippen molar-refractivity contribution in [2.24, 2.45) is 0 Å². The van der Waals surface area contributed by atoms with Crippen molar-refractivity contribution in [3.8, 4) is 5.75 Å². The van der Waals surface area contributed by atoms with E-state index in [1.54, 1.807) is 6.07 Å². The molecule has 1 fully saturated rings. The number of rotatable bonds is 3. The molecule has 0 saturated carbocycles. The van der Waals surface area contributed by atoms with Gasteiger partial charge in [-0.15, -0.1) is 0 Å². The van der Waals surface area contributed by atoms with Gasteiger partial charge in [0.15, 0.2) is 0 Å². The molecule has 1 unspecified atom stereocenters. The van der Waals surface area contributed by atoms with Crippen LogP contribution in [0.3, 0.4) is 0 Å². The molecular formula is C15H24N2O. The Morgan fingerprint density at radius 2 is 1.89 bits per heavy atom. The molecule has 2 rings (SSSR count). The molecule has 1 atom stereocenters. The number of hydrogen-bond donors (Lipinski definition) is 2. The first kappa shape index (κ1) is 13.2. The summed E-state index contributed by atoms with van der Waals surface area (Å²) in [4.78, 5) is 2.58. The summed E-state index contributed by atoms with van der Waals surface area (Å²) in [5.74, 6) is 0.182. The molecule has 0 amide bonds. The fourth-order valence-electron chi connectivity index (χ4n) is 2.74. The third-order valence-corrected chi connectivity index (χ3v) is 3.89. The molecule has 1 saturated heterocycles. The lowest BCUT2D eigenvalue weighted by atomic mass is 10.0. The summed E-state index contributed by atoms with van der Waals surface area (Å²) in [6.45, 7) is 4.72. The normalized spacial score (nSPS) is 19.4. The van der Waals surface area contributed by atoms with Crippen molar-refractivity contribution in [3.63, 3.8) is 0 Å². The van der Waals surface area contributed by atoms with Crippen LogP contribution in [0.2, 0.25) is 0 Å². The van der Waals surface area contributed by atoms with Gasteiger partial charge in [-0.2, -0.15) is 0 Å². The second-order valence-electron chi connectivity index (χ2n) is 5.40. The highest BCUT2D eigenvalue weighted by Crippen LogP contribution is 2.22. The Morgan fingerprint density at radius 3 is 2.50 bits per heavy atom. The summed E-state index contributed by atoms with van der Waals surface area (Å²) < 4.78 is 0. The van der Waals surface area contributed by atoms with E-state index in [1.807, 2.05) is 12.1 Å². The van der Waals surface area contributed by atoms with Gasteiger partial charge in [0, 0.05) is 6.04 Å². The SMILES string of the molecule is CC(Cc1ccc(O)c(N)c1)N1CCCCCC1. The van der Waals surface area contributed by atoms with Crippen LogP contribution in [0, 0.1) is 0 Å². The highest BCUT2D eigenvalue weighted by atomic mass is 16.3. The van der Waals surface area contributed by atoms with Crippen molar-refractivity contribution >= 4 is 5.69 Å². The minimum Gasteiger partial charge on any atom is -0.506 e. The highest BCUT2D eigenvalue weighted by Gasteiger charge is 2.16. The number of nitrogens with two attached hydrogens (primary N) is 1. The van der Waals surface area contributed by atoms with Crippen LogP contribution in [0.1, 0.15) is 38.2 Å². The van der Waals surface area contributed by atoms with Gasteiger partial charge in [-0.3, -0.25) is 0 Å². The molecule has 3 nitrogen and oxygen atoms in total. The summed E-state index contributed by atoms with van der Waals surface area (Å²) in [5, 5.41) is 9.43. The van der Waals surface area contributed by atoms with E-state index in [9.17, 15) is 5.11 Å². The van der Waals surface area contributed by atoms with Crippen LogP contribution in [0.15, 0.2) is 18.2 Å². The van der Waals surface area contributed by atoms with Crippen molar-refractivity contribution in [2.45, 2.75) is 45.1 Å².